The third-order valence-electron chi connectivity index (χ3n) is 5.36. The first-order chi connectivity index (χ1) is 11.3. The smallest absolute Gasteiger partial charge is 0.0519 e. The highest BCUT2D eigenvalue weighted by Crippen LogP contribution is 2.29. The molecule has 4 nitrogen and oxygen atoms in total. The first-order valence-corrected chi connectivity index (χ1v) is 8.86. The standard InChI is InChI=1S/C19H26N4/c1-15-12-20-21-19(15)17-8-11-22(14-17)13-16-4-6-18(7-5-16)23-9-2-3-10-23/h4-7,12,17H,2-3,8-11,13-14H2,1H3,(H,20,21). The van der Waals surface area contributed by atoms with E-state index in [9.17, 15) is 0 Å². The van der Waals surface area contributed by atoms with E-state index in [4.69, 9.17) is 0 Å². The van der Waals surface area contributed by atoms with Crippen LogP contribution in [0.4, 0.5) is 5.69 Å². The van der Waals surface area contributed by atoms with Crippen LogP contribution in [0.15, 0.2) is 30.5 Å². The number of H-pyrrole nitrogens is 1. The van der Waals surface area contributed by atoms with Gasteiger partial charge in [-0.3, -0.25) is 10.00 Å². The van der Waals surface area contributed by atoms with Crippen LogP contribution in [0.2, 0.25) is 0 Å². The highest BCUT2D eigenvalue weighted by atomic mass is 15.2. The van der Waals surface area contributed by atoms with Crippen molar-refractivity contribution >= 4 is 5.69 Å². The molecule has 1 aromatic heterocycles. The Bertz CT molecular complexity index is 640. The van der Waals surface area contributed by atoms with E-state index in [-0.39, 0.29) is 0 Å². The minimum atomic E-state index is 0.612. The molecule has 122 valence electrons. The zero-order valence-electron chi connectivity index (χ0n) is 14.0. The largest absolute Gasteiger partial charge is 0.372 e. The Hall–Kier alpha value is -1.81. The summed E-state index contributed by atoms with van der Waals surface area (Å²) in [7, 11) is 0. The molecule has 1 unspecified atom stereocenters. The molecule has 2 aliphatic rings. The van der Waals surface area contributed by atoms with Crippen LogP contribution in [0.3, 0.4) is 0 Å². The number of aromatic nitrogens is 2. The number of rotatable bonds is 4. The van der Waals surface area contributed by atoms with Crippen LogP contribution in [0.25, 0.3) is 0 Å². The van der Waals surface area contributed by atoms with Gasteiger partial charge in [0.25, 0.3) is 0 Å². The summed E-state index contributed by atoms with van der Waals surface area (Å²) in [5.41, 5.74) is 5.44. The van der Waals surface area contributed by atoms with Gasteiger partial charge in [-0.25, -0.2) is 0 Å². The topological polar surface area (TPSA) is 35.2 Å². The molecule has 1 aromatic carbocycles. The predicted octanol–water partition coefficient (Wildman–Crippen LogP) is 3.31. The van der Waals surface area contributed by atoms with Crippen LogP contribution >= 0.6 is 0 Å². The average Bonchev–Trinajstić information content (AvgIpc) is 3.29. The van der Waals surface area contributed by atoms with Gasteiger partial charge in [0.1, 0.15) is 0 Å². The van der Waals surface area contributed by atoms with Crippen LogP contribution < -0.4 is 4.90 Å². The Labute approximate surface area is 138 Å². The molecule has 1 atom stereocenters. The monoisotopic (exact) mass is 310 g/mol. The lowest BCUT2D eigenvalue weighted by molar-refractivity contribution is 0.326. The summed E-state index contributed by atoms with van der Waals surface area (Å²) >= 11 is 0. The van der Waals surface area contributed by atoms with Gasteiger partial charge in [-0.15, -0.1) is 0 Å². The maximum Gasteiger partial charge on any atom is 0.0519 e. The van der Waals surface area contributed by atoms with Gasteiger partial charge in [0.2, 0.25) is 0 Å². The van der Waals surface area contributed by atoms with Crippen molar-refractivity contribution in [3.8, 4) is 0 Å². The molecule has 0 radical (unpaired) electrons. The maximum absolute atomic E-state index is 4.17. The summed E-state index contributed by atoms with van der Waals surface area (Å²) < 4.78 is 0. The third-order valence-corrected chi connectivity index (χ3v) is 5.36. The molecule has 0 bridgehead atoms. The highest BCUT2D eigenvalue weighted by Gasteiger charge is 2.26. The Morgan fingerprint density at radius 2 is 1.91 bits per heavy atom. The number of nitrogens with one attached hydrogen (secondary N) is 1. The van der Waals surface area contributed by atoms with Crippen molar-refractivity contribution in [3.05, 3.63) is 47.3 Å². The van der Waals surface area contributed by atoms with Crippen molar-refractivity contribution < 1.29 is 0 Å². The van der Waals surface area contributed by atoms with Crippen molar-refractivity contribution in [2.24, 2.45) is 0 Å². The lowest BCUT2D eigenvalue weighted by Gasteiger charge is -2.19. The van der Waals surface area contributed by atoms with Gasteiger partial charge in [-0.05, 0) is 56.0 Å². The summed E-state index contributed by atoms with van der Waals surface area (Å²) in [4.78, 5) is 5.06. The number of aromatic amines is 1. The molecular formula is C19H26N4. The van der Waals surface area contributed by atoms with Crippen LogP contribution in [0, 0.1) is 6.92 Å². The predicted molar refractivity (Wildman–Crippen MR) is 93.8 cm³/mol. The first kappa shape index (κ1) is 14.8. The Morgan fingerprint density at radius 1 is 1.13 bits per heavy atom. The zero-order chi connectivity index (χ0) is 15.6. The molecule has 0 saturated carbocycles. The Kier molecular flexibility index (Phi) is 4.08. The molecule has 3 heterocycles. The number of anilines is 1. The average molecular weight is 310 g/mol. The summed E-state index contributed by atoms with van der Waals surface area (Å²) in [6.07, 6.45) is 5.85. The summed E-state index contributed by atoms with van der Waals surface area (Å²) in [5.74, 6) is 0.612. The molecular weight excluding hydrogens is 284 g/mol. The van der Waals surface area contributed by atoms with E-state index >= 15 is 0 Å². The molecule has 2 fully saturated rings. The highest BCUT2D eigenvalue weighted by molar-refractivity contribution is 5.48. The van der Waals surface area contributed by atoms with Gasteiger partial charge in [0, 0.05) is 43.5 Å². The van der Waals surface area contributed by atoms with Gasteiger partial charge < -0.3 is 4.90 Å². The molecule has 2 aromatic rings. The van der Waals surface area contributed by atoms with Crippen LogP contribution in [-0.4, -0.2) is 41.3 Å². The number of hydrogen-bond acceptors (Lipinski definition) is 3. The normalized spacial score (nSPS) is 22.1. The molecule has 2 saturated heterocycles. The fourth-order valence-corrected chi connectivity index (χ4v) is 4.03. The summed E-state index contributed by atoms with van der Waals surface area (Å²) in [6, 6.07) is 9.21. The molecule has 2 aliphatic heterocycles. The van der Waals surface area contributed by atoms with Crippen LogP contribution in [-0.2, 0) is 6.54 Å². The molecule has 4 heteroatoms. The number of aryl methyl sites for hydroxylation is 1. The van der Waals surface area contributed by atoms with E-state index in [2.05, 4.69) is 51.2 Å². The summed E-state index contributed by atoms with van der Waals surface area (Å²) in [5, 5.41) is 7.36. The molecule has 0 spiro atoms. The minimum Gasteiger partial charge on any atom is -0.372 e. The van der Waals surface area contributed by atoms with Gasteiger partial charge in [-0.2, -0.15) is 5.10 Å². The van der Waals surface area contributed by atoms with Crippen molar-refractivity contribution in [1.29, 1.82) is 0 Å². The SMILES string of the molecule is Cc1cn[nH]c1C1CCN(Cc2ccc(N3CCCC3)cc2)C1. The van der Waals surface area contributed by atoms with E-state index < -0.39 is 0 Å². The van der Waals surface area contributed by atoms with Gasteiger partial charge in [-0.1, -0.05) is 12.1 Å². The Balaban J connectivity index is 1.36. The number of likely N-dealkylation sites (tertiary alicyclic amines) is 1. The van der Waals surface area contributed by atoms with Crippen molar-refractivity contribution in [3.63, 3.8) is 0 Å². The number of nitrogens with zero attached hydrogens (tertiary/aromatic N) is 3. The second kappa shape index (κ2) is 6.36. The second-order valence-electron chi connectivity index (χ2n) is 7.05. The van der Waals surface area contributed by atoms with Crippen molar-refractivity contribution in [2.75, 3.05) is 31.1 Å². The van der Waals surface area contributed by atoms with E-state index in [1.165, 1.54) is 61.4 Å². The molecule has 0 aliphatic carbocycles. The molecule has 1 N–H and O–H groups in total. The zero-order valence-corrected chi connectivity index (χ0v) is 14.0. The van der Waals surface area contributed by atoms with Gasteiger partial charge >= 0.3 is 0 Å². The number of benzene rings is 1. The Morgan fingerprint density at radius 3 is 2.61 bits per heavy atom. The van der Waals surface area contributed by atoms with E-state index in [1.807, 2.05) is 6.20 Å². The third kappa shape index (κ3) is 3.13. The fourth-order valence-electron chi connectivity index (χ4n) is 4.03. The molecule has 0 amide bonds. The minimum absolute atomic E-state index is 0.612. The number of hydrogen-bond donors (Lipinski definition) is 1. The molecule has 4 rings (SSSR count). The maximum atomic E-state index is 4.17. The van der Waals surface area contributed by atoms with E-state index in [1.54, 1.807) is 0 Å². The second-order valence-corrected chi connectivity index (χ2v) is 7.05. The van der Waals surface area contributed by atoms with E-state index in [0.29, 0.717) is 5.92 Å². The van der Waals surface area contributed by atoms with Crippen molar-refractivity contribution in [2.45, 2.75) is 38.6 Å². The lowest BCUT2D eigenvalue weighted by Crippen LogP contribution is -2.20. The van der Waals surface area contributed by atoms with Crippen molar-refractivity contribution in [1.82, 2.24) is 15.1 Å². The first-order valence-electron chi connectivity index (χ1n) is 8.86. The molecule has 23 heavy (non-hydrogen) atoms. The summed E-state index contributed by atoms with van der Waals surface area (Å²) in [6.45, 7) is 7.96. The quantitative estimate of drug-likeness (QED) is 0.941. The fraction of sp³-hybridized carbons (Fsp3) is 0.526. The van der Waals surface area contributed by atoms with Crippen LogP contribution in [0.1, 0.15) is 42.0 Å². The van der Waals surface area contributed by atoms with Crippen LogP contribution in [0.5, 0.6) is 0 Å². The van der Waals surface area contributed by atoms with E-state index in [0.717, 1.165) is 13.1 Å². The van der Waals surface area contributed by atoms with Gasteiger partial charge in [0.05, 0.1) is 6.20 Å². The lowest BCUT2D eigenvalue weighted by atomic mass is 10.0. The van der Waals surface area contributed by atoms with Gasteiger partial charge in [0.15, 0.2) is 0 Å².